The normalized spacial score (nSPS) is 19.1. The molecule has 18 heavy (non-hydrogen) atoms. The lowest BCUT2D eigenvalue weighted by Gasteiger charge is -2.13. The number of likely N-dealkylation sites (N-methyl/N-ethyl adjacent to an activating group) is 1. The number of carbonyl (C=O) groups is 2. The highest BCUT2D eigenvalue weighted by molar-refractivity contribution is 6.34. The second kappa shape index (κ2) is 4.86. The van der Waals surface area contributed by atoms with Crippen LogP contribution in [0.25, 0.3) is 0 Å². The lowest BCUT2D eigenvalue weighted by Crippen LogP contribution is -2.36. The summed E-state index contributed by atoms with van der Waals surface area (Å²) in [6.07, 6.45) is 0.328. The first kappa shape index (κ1) is 12.7. The number of nitrogens with two attached hydrogens (primary N) is 1. The number of amides is 2. The van der Waals surface area contributed by atoms with Gasteiger partial charge in [0.05, 0.1) is 16.6 Å². The lowest BCUT2D eigenvalue weighted by molar-refractivity contribution is -0.126. The van der Waals surface area contributed by atoms with Crippen LogP contribution in [0.3, 0.4) is 0 Å². The highest BCUT2D eigenvalue weighted by Gasteiger charge is 2.28. The van der Waals surface area contributed by atoms with Gasteiger partial charge < -0.3 is 16.0 Å². The quantitative estimate of drug-likeness (QED) is 0.781. The van der Waals surface area contributed by atoms with E-state index >= 15 is 0 Å². The Morgan fingerprint density at radius 1 is 1.56 bits per heavy atom. The number of nitrogens with zero attached hydrogens (tertiary/aromatic N) is 1. The molecule has 1 aromatic rings. The Hall–Kier alpha value is -1.75. The predicted octanol–water partition coefficient (Wildman–Crippen LogP) is 0.883. The molecule has 1 unspecified atom stereocenters. The molecule has 1 fully saturated rings. The first-order valence-electron chi connectivity index (χ1n) is 5.57. The summed E-state index contributed by atoms with van der Waals surface area (Å²) >= 11 is 5.95. The monoisotopic (exact) mass is 267 g/mol. The van der Waals surface area contributed by atoms with Crippen molar-refractivity contribution >= 4 is 29.1 Å². The fourth-order valence-electron chi connectivity index (χ4n) is 1.94. The standard InChI is InChI=1S/C12H14ClN3O2/c1-16-6-8(5-11(16)17)15-12(18)9-3-2-7(14)4-10(9)13/h2-4,8H,5-6,14H2,1H3,(H,15,18). The number of anilines is 1. The molecule has 1 heterocycles. The molecule has 6 heteroatoms. The Bertz CT molecular complexity index is 504. The van der Waals surface area contributed by atoms with Gasteiger partial charge in [0.15, 0.2) is 0 Å². The van der Waals surface area contributed by atoms with E-state index in [4.69, 9.17) is 17.3 Å². The maximum atomic E-state index is 12.0. The minimum atomic E-state index is -0.284. The topological polar surface area (TPSA) is 75.4 Å². The van der Waals surface area contributed by atoms with Gasteiger partial charge in [0.1, 0.15) is 0 Å². The summed E-state index contributed by atoms with van der Waals surface area (Å²) in [4.78, 5) is 24.9. The zero-order valence-corrected chi connectivity index (χ0v) is 10.7. The first-order chi connectivity index (χ1) is 8.47. The maximum absolute atomic E-state index is 12.0. The third-order valence-corrected chi connectivity index (χ3v) is 3.23. The molecule has 0 aliphatic carbocycles. The third kappa shape index (κ3) is 2.56. The van der Waals surface area contributed by atoms with Gasteiger partial charge in [-0.1, -0.05) is 11.6 Å². The van der Waals surface area contributed by atoms with Crippen LogP contribution in [0.15, 0.2) is 18.2 Å². The SMILES string of the molecule is CN1CC(NC(=O)c2ccc(N)cc2Cl)CC1=O. The van der Waals surface area contributed by atoms with Gasteiger partial charge in [-0.05, 0) is 18.2 Å². The second-order valence-corrected chi connectivity index (χ2v) is 4.80. The molecular weight excluding hydrogens is 254 g/mol. The smallest absolute Gasteiger partial charge is 0.253 e. The highest BCUT2D eigenvalue weighted by atomic mass is 35.5. The van der Waals surface area contributed by atoms with Gasteiger partial charge in [0, 0.05) is 25.7 Å². The number of rotatable bonds is 2. The van der Waals surface area contributed by atoms with Crippen molar-refractivity contribution in [1.82, 2.24) is 10.2 Å². The molecule has 0 aromatic heterocycles. The second-order valence-electron chi connectivity index (χ2n) is 4.39. The molecule has 0 saturated carbocycles. The van der Waals surface area contributed by atoms with Crippen LogP contribution in [0.1, 0.15) is 16.8 Å². The molecular formula is C12H14ClN3O2. The van der Waals surface area contributed by atoms with Crippen molar-refractivity contribution in [2.24, 2.45) is 0 Å². The zero-order valence-electron chi connectivity index (χ0n) is 9.94. The number of nitrogens with one attached hydrogen (secondary N) is 1. The molecule has 0 bridgehead atoms. The molecule has 0 radical (unpaired) electrons. The van der Waals surface area contributed by atoms with E-state index in [1.165, 1.54) is 6.07 Å². The lowest BCUT2D eigenvalue weighted by atomic mass is 10.1. The van der Waals surface area contributed by atoms with Crippen molar-refractivity contribution in [2.45, 2.75) is 12.5 Å². The van der Waals surface area contributed by atoms with E-state index in [0.29, 0.717) is 29.2 Å². The van der Waals surface area contributed by atoms with Crippen LogP contribution in [-0.2, 0) is 4.79 Å². The molecule has 2 rings (SSSR count). The van der Waals surface area contributed by atoms with Crippen LogP contribution < -0.4 is 11.1 Å². The fraction of sp³-hybridized carbons (Fsp3) is 0.333. The highest BCUT2D eigenvalue weighted by Crippen LogP contribution is 2.19. The minimum absolute atomic E-state index is 0.0312. The molecule has 5 nitrogen and oxygen atoms in total. The Morgan fingerprint density at radius 3 is 2.83 bits per heavy atom. The Labute approximate surface area is 110 Å². The summed E-state index contributed by atoms with van der Waals surface area (Å²) in [7, 11) is 1.71. The van der Waals surface area contributed by atoms with Gasteiger partial charge in [0.2, 0.25) is 5.91 Å². The van der Waals surface area contributed by atoms with Crippen LogP contribution in [0.5, 0.6) is 0 Å². The third-order valence-electron chi connectivity index (χ3n) is 2.91. The van der Waals surface area contributed by atoms with E-state index < -0.39 is 0 Å². The van der Waals surface area contributed by atoms with E-state index in [9.17, 15) is 9.59 Å². The summed E-state index contributed by atoms with van der Waals surface area (Å²) < 4.78 is 0. The van der Waals surface area contributed by atoms with Crippen molar-refractivity contribution in [3.63, 3.8) is 0 Å². The summed E-state index contributed by atoms with van der Waals surface area (Å²) in [6, 6.07) is 4.56. The maximum Gasteiger partial charge on any atom is 0.253 e. The Kier molecular flexibility index (Phi) is 3.43. The number of halogens is 1. The molecule has 1 aliphatic rings. The summed E-state index contributed by atoms with van der Waals surface area (Å²) in [5.74, 6) is -0.253. The number of likely N-dealkylation sites (tertiary alicyclic amines) is 1. The van der Waals surface area contributed by atoms with E-state index in [1.807, 2.05) is 0 Å². The number of hydrogen-bond donors (Lipinski definition) is 2. The van der Waals surface area contributed by atoms with Crippen molar-refractivity contribution in [3.8, 4) is 0 Å². The molecule has 2 amide bonds. The van der Waals surface area contributed by atoms with Gasteiger partial charge in [-0.2, -0.15) is 0 Å². The van der Waals surface area contributed by atoms with Crippen LogP contribution >= 0.6 is 11.6 Å². The molecule has 1 aromatic carbocycles. The summed E-state index contributed by atoms with van der Waals surface area (Å²) in [5, 5.41) is 3.10. The largest absolute Gasteiger partial charge is 0.399 e. The average molecular weight is 268 g/mol. The van der Waals surface area contributed by atoms with Crippen molar-refractivity contribution < 1.29 is 9.59 Å². The molecule has 1 aliphatic heterocycles. The van der Waals surface area contributed by atoms with E-state index in [2.05, 4.69) is 5.32 Å². The van der Waals surface area contributed by atoms with Crippen LogP contribution in [0.2, 0.25) is 5.02 Å². The zero-order chi connectivity index (χ0) is 13.3. The minimum Gasteiger partial charge on any atom is -0.399 e. The van der Waals surface area contributed by atoms with Crippen LogP contribution in [-0.4, -0.2) is 36.3 Å². The van der Waals surface area contributed by atoms with Gasteiger partial charge in [-0.3, -0.25) is 9.59 Å². The van der Waals surface area contributed by atoms with Crippen molar-refractivity contribution in [2.75, 3.05) is 19.3 Å². The number of carbonyl (C=O) groups excluding carboxylic acids is 2. The Morgan fingerprint density at radius 2 is 2.28 bits per heavy atom. The van der Waals surface area contributed by atoms with E-state index in [-0.39, 0.29) is 17.9 Å². The molecule has 3 N–H and O–H groups in total. The van der Waals surface area contributed by atoms with Crippen LogP contribution in [0.4, 0.5) is 5.69 Å². The number of hydrogen-bond acceptors (Lipinski definition) is 3. The Balaban J connectivity index is 2.06. The van der Waals surface area contributed by atoms with Gasteiger partial charge in [0.25, 0.3) is 5.91 Å². The number of benzene rings is 1. The predicted molar refractivity (Wildman–Crippen MR) is 69.4 cm³/mol. The summed E-state index contributed by atoms with van der Waals surface area (Å²) in [5.41, 5.74) is 6.44. The first-order valence-corrected chi connectivity index (χ1v) is 5.95. The summed E-state index contributed by atoms with van der Waals surface area (Å²) in [6.45, 7) is 0.525. The molecule has 1 saturated heterocycles. The molecule has 1 atom stereocenters. The van der Waals surface area contributed by atoms with Gasteiger partial charge >= 0.3 is 0 Å². The molecule has 96 valence electrons. The van der Waals surface area contributed by atoms with Gasteiger partial charge in [-0.25, -0.2) is 0 Å². The van der Waals surface area contributed by atoms with E-state index in [1.54, 1.807) is 24.1 Å². The van der Waals surface area contributed by atoms with Crippen LogP contribution in [0, 0.1) is 0 Å². The average Bonchev–Trinajstić information content (AvgIpc) is 2.57. The van der Waals surface area contributed by atoms with Gasteiger partial charge in [-0.15, -0.1) is 0 Å². The van der Waals surface area contributed by atoms with E-state index in [0.717, 1.165) is 0 Å². The fourth-order valence-corrected chi connectivity index (χ4v) is 2.21. The van der Waals surface area contributed by atoms with Crippen molar-refractivity contribution in [1.29, 1.82) is 0 Å². The number of nitrogen functional groups attached to an aromatic ring is 1. The molecule has 0 spiro atoms. The van der Waals surface area contributed by atoms with Crippen molar-refractivity contribution in [3.05, 3.63) is 28.8 Å².